The highest BCUT2D eigenvalue weighted by atomic mass is 16.7. The highest BCUT2D eigenvalue weighted by molar-refractivity contribution is 5.81. The summed E-state index contributed by atoms with van der Waals surface area (Å²) in [6.45, 7) is 6.44. The highest BCUT2D eigenvalue weighted by Crippen LogP contribution is 2.42. The van der Waals surface area contributed by atoms with Gasteiger partial charge in [-0.3, -0.25) is 9.59 Å². The van der Waals surface area contributed by atoms with E-state index in [0.717, 1.165) is 19.3 Å². The summed E-state index contributed by atoms with van der Waals surface area (Å²) in [5.41, 5.74) is 9.78. The molecule has 150 valence electrons. The number of esters is 2. The normalized spacial score (nSPS) is 19.5. The molecule has 0 radical (unpaired) electrons. The molecular weight excluding hydrogens is 340 g/mol. The maximum Gasteiger partial charge on any atom is 0.328 e. The van der Waals surface area contributed by atoms with Gasteiger partial charge in [-0.05, 0) is 26.7 Å². The molecule has 0 bridgehead atoms. The largest absolute Gasteiger partial charge is 0.481 e. The van der Waals surface area contributed by atoms with Gasteiger partial charge in [0.2, 0.25) is 6.29 Å². The van der Waals surface area contributed by atoms with Crippen LogP contribution in [0.4, 0.5) is 0 Å². The quantitative estimate of drug-likeness (QED) is 0.430. The zero-order valence-electron chi connectivity index (χ0n) is 16.1. The fourth-order valence-electron chi connectivity index (χ4n) is 3.15. The molecule has 8 nitrogen and oxygen atoms in total. The maximum atomic E-state index is 12.6. The Hall–Kier alpha value is -1.67. The van der Waals surface area contributed by atoms with Crippen LogP contribution in [-0.2, 0) is 23.9 Å². The van der Waals surface area contributed by atoms with E-state index < -0.39 is 41.2 Å². The van der Waals surface area contributed by atoms with Crippen LogP contribution in [0.1, 0.15) is 66.2 Å². The van der Waals surface area contributed by atoms with Crippen molar-refractivity contribution in [3.63, 3.8) is 0 Å². The number of hydrogen-bond donors (Lipinski definition) is 3. The van der Waals surface area contributed by atoms with Gasteiger partial charge in [-0.15, -0.1) is 0 Å². The van der Waals surface area contributed by atoms with Gasteiger partial charge in [-0.2, -0.15) is 0 Å². The van der Waals surface area contributed by atoms with E-state index in [9.17, 15) is 19.5 Å². The van der Waals surface area contributed by atoms with Gasteiger partial charge in [0.15, 0.2) is 0 Å². The second-order valence-electron chi connectivity index (χ2n) is 8.15. The summed E-state index contributed by atoms with van der Waals surface area (Å²) in [5.74, 6) is -2.75. The van der Waals surface area contributed by atoms with Crippen LogP contribution in [0.5, 0.6) is 0 Å². The van der Waals surface area contributed by atoms with Crippen LogP contribution < -0.4 is 11.5 Å². The SMILES string of the molecule is CC(C)C(OC(=O)C(N)C1(CC(=O)O)CCCCC1)OC(=O)C(C)(C)N. The van der Waals surface area contributed by atoms with Gasteiger partial charge in [-0.25, -0.2) is 4.79 Å². The fourth-order valence-corrected chi connectivity index (χ4v) is 3.15. The van der Waals surface area contributed by atoms with Crippen molar-refractivity contribution in [1.82, 2.24) is 0 Å². The fraction of sp³-hybridized carbons (Fsp3) is 0.833. The molecule has 1 rings (SSSR count). The Labute approximate surface area is 154 Å². The molecular formula is C18H32N2O6. The van der Waals surface area contributed by atoms with E-state index in [1.54, 1.807) is 13.8 Å². The Balaban J connectivity index is 2.89. The first-order chi connectivity index (χ1) is 11.9. The topological polar surface area (TPSA) is 142 Å². The zero-order chi connectivity index (χ0) is 20.1. The molecule has 0 amide bonds. The minimum absolute atomic E-state index is 0.189. The number of rotatable bonds is 8. The molecule has 1 fully saturated rings. The van der Waals surface area contributed by atoms with Crippen molar-refractivity contribution in [3.05, 3.63) is 0 Å². The monoisotopic (exact) mass is 372 g/mol. The molecule has 0 spiro atoms. The Morgan fingerprint density at radius 2 is 1.65 bits per heavy atom. The number of carbonyl (C=O) groups excluding carboxylic acids is 2. The summed E-state index contributed by atoms with van der Waals surface area (Å²) in [5, 5.41) is 9.25. The molecule has 8 heteroatoms. The maximum absolute atomic E-state index is 12.6. The number of aliphatic carboxylic acids is 1. The number of carboxylic acid groups (broad SMARTS) is 1. The van der Waals surface area contributed by atoms with Gasteiger partial charge in [0.05, 0.1) is 6.42 Å². The van der Waals surface area contributed by atoms with Crippen molar-refractivity contribution in [2.45, 2.75) is 84.1 Å². The first-order valence-corrected chi connectivity index (χ1v) is 9.07. The van der Waals surface area contributed by atoms with Crippen LogP contribution in [0.25, 0.3) is 0 Å². The van der Waals surface area contributed by atoms with Crippen LogP contribution in [0.2, 0.25) is 0 Å². The highest BCUT2D eigenvalue weighted by Gasteiger charge is 2.45. The molecule has 1 aliphatic rings. The molecule has 2 atom stereocenters. The van der Waals surface area contributed by atoms with Gasteiger partial charge in [0.25, 0.3) is 0 Å². The lowest BCUT2D eigenvalue weighted by Gasteiger charge is -2.40. The predicted molar refractivity (Wildman–Crippen MR) is 94.8 cm³/mol. The van der Waals surface area contributed by atoms with E-state index in [0.29, 0.717) is 12.8 Å². The third kappa shape index (κ3) is 5.95. The zero-order valence-corrected chi connectivity index (χ0v) is 16.1. The van der Waals surface area contributed by atoms with Gasteiger partial charge >= 0.3 is 17.9 Å². The number of ether oxygens (including phenoxy) is 2. The lowest BCUT2D eigenvalue weighted by molar-refractivity contribution is -0.202. The summed E-state index contributed by atoms with van der Waals surface area (Å²) in [6.07, 6.45) is 2.41. The van der Waals surface area contributed by atoms with Crippen molar-refractivity contribution in [1.29, 1.82) is 0 Å². The Morgan fingerprint density at radius 1 is 1.12 bits per heavy atom. The average Bonchev–Trinajstić information content (AvgIpc) is 2.52. The van der Waals surface area contributed by atoms with Crippen LogP contribution in [0, 0.1) is 11.3 Å². The molecule has 0 aromatic rings. The Morgan fingerprint density at radius 3 is 2.08 bits per heavy atom. The third-order valence-corrected chi connectivity index (χ3v) is 4.79. The van der Waals surface area contributed by atoms with Crippen LogP contribution in [0.15, 0.2) is 0 Å². The van der Waals surface area contributed by atoms with Crippen molar-refractivity contribution >= 4 is 17.9 Å². The summed E-state index contributed by atoms with van der Waals surface area (Å²) < 4.78 is 10.6. The van der Waals surface area contributed by atoms with Gasteiger partial charge in [-0.1, -0.05) is 33.1 Å². The van der Waals surface area contributed by atoms with Crippen LogP contribution in [-0.4, -0.2) is 40.9 Å². The standard InChI is InChI=1S/C18H32N2O6/c1-11(2)15(26-16(24)17(3,4)20)25-14(23)13(19)18(10-12(21)22)8-6-5-7-9-18/h11,13,15H,5-10,19-20H2,1-4H3,(H,21,22). The van der Waals surface area contributed by atoms with Crippen molar-refractivity contribution in [3.8, 4) is 0 Å². The lowest BCUT2D eigenvalue weighted by atomic mass is 9.67. The van der Waals surface area contributed by atoms with Crippen LogP contribution >= 0.6 is 0 Å². The van der Waals surface area contributed by atoms with Crippen LogP contribution in [0.3, 0.4) is 0 Å². The number of carbonyl (C=O) groups is 3. The molecule has 1 aliphatic carbocycles. The summed E-state index contributed by atoms with van der Waals surface area (Å²) >= 11 is 0. The number of carboxylic acids is 1. The number of nitrogens with two attached hydrogens (primary N) is 2. The van der Waals surface area contributed by atoms with Crippen molar-refractivity contribution < 1.29 is 29.0 Å². The molecule has 0 aromatic carbocycles. The first-order valence-electron chi connectivity index (χ1n) is 9.07. The van der Waals surface area contributed by atoms with E-state index in [-0.39, 0.29) is 12.3 Å². The third-order valence-electron chi connectivity index (χ3n) is 4.79. The molecule has 5 N–H and O–H groups in total. The molecule has 0 aliphatic heterocycles. The molecule has 0 aromatic heterocycles. The lowest BCUT2D eigenvalue weighted by Crippen LogP contribution is -2.52. The minimum atomic E-state index is -1.23. The Kier molecular flexibility index (Phi) is 7.58. The van der Waals surface area contributed by atoms with Gasteiger partial charge < -0.3 is 26.0 Å². The second-order valence-corrected chi connectivity index (χ2v) is 8.15. The van der Waals surface area contributed by atoms with E-state index in [1.165, 1.54) is 13.8 Å². The van der Waals surface area contributed by atoms with Gasteiger partial charge in [0.1, 0.15) is 11.6 Å². The smallest absolute Gasteiger partial charge is 0.328 e. The summed E-state index contributed by atoms with van der Waals surface area (Å²) in [4.78, 5) is 35.9. The van der Waals surface area contributed by atoms with Crippen molar-refractivity contribution in [2.24, 2.45) is 22.8 Å². The number of hydrogen-bond acceptors (Lipinski definition) is 7. The molecule has 0 heterocycles. The van der Waals surface area contributed by atoms with E-state index in [2.05, 4.69) is 0 Å². The molecule has 0 saturated heterocycles. The summed E-state index contributed by atoms with van der Waals surface area (Å²) in [6, 6.07) is -1.09. The molecule has 26 heavy (non-hydrogen) atoms. The van der Waals surface area contributed by atoms with E-state index >= 15 is 0 Å². The summed E-state index contributed by atoms with van der Waals surface area (Å²) in [7, 11) is 0. The molecule has 2 unspecified atom stereocenters. The van der Waals surface area contributed by atoms with E-state index in [1.807, 2.05) is 0 Å². The second kappa shape index (κ2) is 8.81. The van der Waals surface area contributed by atoms with E-state index in [4.69, 9.17) is 20.9 Å². The minimum Gasteiger partial charge on any atom is -0.481 e. The molecule has 1 saturated carbocycles. The van der Waals surface area contributed by atoms with Gasteiger partial charge in [0, 0.05) is 11.3 Å². The predicted octanol–water partition coefficient (Wildman–Crippen LogP) is 1.54. The first kappa shape index (κ1) is 22.4. The average molecular weight is 372 g/mol. The Bertz CT molecular complexity index is 520. The van der Waals surface area contributed by atoms with Crippen molar-refractivity contribution in [2.75, 3.05) is 0 Å².